The number of hydrogen-bond donors (Lipinski definition) is 2. The normalized spacial score (nSPS) is 19.1. The molecule has 0 spiro atoms. The Hall–Kier alpha value is -1.50. The van der Waals surface area contributed by atoms with Crippen molar-refractivity contribution in [2.75, 3.05) is 0 Å². The largest absolute Gasteiger partial charge is 0.481 e. The lowest BCUT2D eigenvalue weighted by atomic mass is 9.86. The standard InChI is InChI=1S/C16H18BrF2NO3/c17-12-3-1-2-11(8-12)13(9-14(21)22)20-15(23)10-4-6-16(18,19)7-5-10/h1-3,8,10,13H,4-7,9H2,(H,20,23)(H,21,22). The maximum atomic E-state index is 13.2. The summed E-state index contributed by atoms with van der Waals surface area (Å²) in [5, 5.41) is 11.7. The van der Waals surface area contributed by atoms with Gasteiger partial charge in [-0.1, -0.05) is 28.1 Å². The lowest BCUT2D eigenvalue weighted by Gasteiger charge is -2.29. The summed E-state index contributed by atoms with van der Waals surface area (Å²) in [5.74, 6) is -4.57. The van der Waals surface area contributed by atoms with E-state index >= 15 is 0 Å². The summed E-state index contributed by atoms with van der Waals surface area (Å²) in [6.45, 7) is 0. The third-order valence-corrected chi connectivity index (χ3v) is 4.53. The number of aliphatic carboxylic acids is 1. The molecule has 0 bridgehead atoms. The third-order valence-electron chi connectivity index (χ3n) is 4.03. The lowest BCUT2D eigenvalue weighted by Crippen LogP contribution is -2.38. The maximum absolute atomic E-state index is 13.2. The molecule has 126 valence electrons. The van der Waals surface area contributed by atoms with Crippen molar-refractivity contribution >= 4 is 27.8 Å². The van der Waals surface area contributed by atoms with E-state index in [0.717, 1.165) is 4.47 Å². The summed E-state index contributed by atoms with van der Waals surface area (Å²) < 4.78 is 27.1. The molecule has 1 unspecified atom stereocenters. The van der Waals surface area contributed by atoms with E-state index in [4.69, 9.17) is 5.11 Å². The Morgan fingerprint density at radius 1 is 1.35 bits per heavy atom. The Morgan fingerprint density at radius 2 is 2.00 bits per heavy atom. The van der Waals surface area contributed by atoms with Crippen molar-refractivity contribution in [3.8, 4) is 0 Å². The van der Waals surface area contributed by atoms with Crippen LogP contribution >= 0.6 is 15.9 Å². The van der Waals surface area contributed by atoms with Crippen LogP contribution in [0.2, 0.25) is 0 Å². The fraction of sp³-hybridized carbons (Fsp3) is 0.500. The molecule has 1 aromatic rings. The number of nitrogens with one attached hydrogen (secondary N) is 1. The summed E-state index contributed by atoms with van der Waals surface area (Å²) in [4.78, 5) is 23.3. The number of hydrogen-bond acceptors (Lipinski definition) is 2. The van der Waals surface area contributed by atoms with Crippen LogP contribution in [0.1, 0.15) is 43.7 Å². The van der Waals surface area contributed by atoms with Gasteiger partial charge in [-0.15, -0.1) is 0 Å². The number of carbonyl (C=O) groups is 2. The van der Waals surface area contributed by atoms with E-state index in [0.29, 0.717) is 5.56 Å². The number of amides is 1. The molecule has 0 heterocycles. The average molecular weight is 390 g/mol. The summed E-state index contributed by atoms with van der Waals surface area (Å²) in [6.07, 6.45) is -0.615. The molecule has 1 fully saturated rings. The SMILES string of the molecule is O=C(O)CC(NC(=O)C1CCC(F)(F)CC1)c1cccc(Br)c1. The number of halogens is 3. The molecule has 1 aromatic carbocycles. The van der Waals surface area contributed by atoms with Crippen molar-refractivity contribution < 1.29 is 23.5 Å². The van der Waals surface area contributed by atoms with Crippen molar-refractivity contribution in [1.82, 2.24) is 5.32 Å². The molecule has 1 atom stereocenters. The number of alkyl halides is 2. The molecular formula is C16H18BrF2NO3. The molecule has 4 nitrogen and oxygen atoms in total. The minimum Gasteiger partial charge on any atom is -0.481 e. The molecule has 0 aromatic heterocycles. The van der Waals surface area contributed by atoms with Crippen LogP contribution in [0.25, 0.3) is 0 Å². The summed E-state index contributed by atoms with van der Waals surface area (Å²) in [6, 6.07) is 6.34. The highest BCUT2D eigenvalue weighted by Crippen LogP contribution is 2.36. The van der Waals surface area contributed by atoms with Gasteiger partial charge in [0, 0.05) is 23.2 Å². The quantitative estimate of drug-likeness (QED) is 0.802. The van der Waals surface area contributed by atoms with Gasteiger partial charge in [-0.3, -0.25) is 9.59 Å². The van der Waals surface area contributed by atoms with Crippen molar-refractivity contribution in [3.05, 3.63) is 34.3 Å². The van der Waals surface area contributed by atoms with Crippen molar-refractivity contribution in [1.29, 1.82) is 0 Å². The molecule has 7 heteroatoms. The van der Waals surface area contributed by atoms with Crippen LogP contribution in [0, 0.1) is 5.92 Å². The Morgan fingerprint density at radius 3 is 2.57 bits per heavy atom. The number of rotatable bonds is 5. The predicted octanol–water partition coefficient (Wildman–Crippen LogP) is 3.91. The summed E-state index contributed by atoms with van der Waals surface area (Å²) in [7, 11) is 0. The van der Waals surface area contributed by atoms with E-state index < -0.39 is 23.9 Å². The molecule has 2 N–H and O–H groups in total. The predicted molar refractivity (Wildman–Crippen MR) is 84.2 cm³/mol. The molecule has 1 aliphatic carbocycles. The van der Waals surface area contributed by atoms with Crippen molar-refractivity contribution in [2.24, 2.45) is 5.92 Å². The minimum atomic E-state index is -2.69. The van der Waals surface area contributed by atoms with E-state index in [2.05, 4.69) is 21.2 Å². The Bertz CT molecular complexity index is 584. The van der Waals surface area contributed by atoms with Gasteiger partial charge in [0.2, 0.25) is 11.8 Å². The van der Waals surface area contributed by atoms with E-state index in [1.165, 1.54) is 0 Å². The van der Waals surface area contributed by atoms with Gasteiger partial charge >= 0.3 is 5.97 Å². The van der Waals surface area contributed by atoms with E-state index in [1.807, 2.05) is 0 Å². The molecule has 1 saturated carbocycles. The molecule has 1 aliphatic rings. The second-order valence-electron chi connectivity index (χ2n) is 5.84. The van der Waals surface area contributed by atoms with E-state index in [9.17, 15) is 18.4 Å². The number of carboxylic acid groups (broad SMARTS) is 1. The van der Waals surface area contributed by atoms with E-state index in [-0.39, 0.29) is 38.0 Å². The second-order valence-corrected chi connectivity index (χ2v) is 6.76. The highest BCUT2D eigenvalue weighted by molar-refractivity contribution is 9.10. The fourth-order valence-corrected chi connectivity index (χ4v) is 3.16. The Kier molecular flexibility index (Phi) is 5.73. The second kappa shape index (κ2) is 7.38. The summed E-state index contributed by atoms with van der Waals surface area (Å²) in [5.41, 5.74) is 0.663. The van der Waals surface area contributed by atoms with Crippen molar-refractivity contribution in [3.63, 3.8) is 0 Å². The van der Waals surface area contributed by atoms with Crippen LogP contribution in [-0.2, 0) is 9.59 Å². The monoisotopic (exact) mass is 389 g/mol. The fourth-order valence-electron chi connectivity index (χ4n) is 2.74. The molecule has 0 saturated heterocycles. The first kappa shape index (κ1) is 17.8. The number of carbonyl (C=O) groups excluding carboxylic acids is 1. The van der Waals surface area contributed by atoms with Gasteiger partial charge in [-0.05, 0) is 30.5 Å². The summed E-state index contributed by atoms with van der Waals surface area (Å²) >= 11 is 3.31. The van der Waals surface area contributed by atoms with Gasteiger partial charge in [0.05, 0.1) is 12.5 Å². The van der Waals surface area contributed by atoms with Gasteiger partial charge in [0.25, 0.3) is 0 Å². The first-order valence-electron chi connectivity index (χ1n) is 7.42. The highest BCUT2D eigenvalue weighted by atomic mass is 79.9. The lowest BCUT2D eigenvalue weighted by molar-refractivity contribution is -0.138. The van der Waals surface area contributed by atoms with Gasteiger partial charge in [-0.2, -0.15) is 0 Å². The highest BCUT2D eigenvalue weighted by Gasteiger charge is 2.37. The van der Waals surface area contributed by atoms with E-state index in [1.54, 1.807) is 24.3 Å². The van der Waals surface area contributed by atoms with Crippen LogP contribution in [0.5, 0.6) is 0 Å². The molecular weight excluding hydrogens is 372 g/mol. The first-order valence-corrected chi connectivity index (χ1v) is 8.21. The average Bonchev–Trinajstić information content (AvgIpc) is 2.46. The van der Waals surface area contributed by atoms with Crippen LogP contribution < -0.4 is 5.32 Å². The van der Waals surface area contributed by atoms with Crippen molar-refractivity contribution in [2.45, 2.75) is 44.1 Å². The maximum Gasteiger partial charge on any atom is 0.305 e. The van der Waals surface area contributed by atoms with Crippen LogP contribution in [0.4, 0.5) is 8.78 Å². The molecule has 23 heavy (non-hydrogen) atoms. The zero-order valence-corrected chi connectivity index (χ0v) is 14.0. The van der Waals surface area contributed by atoms with Crippen LogP contribution in [-0.4, -0.2) is 22.9 Å². The Labute approximate surface area is 141 Å². The zero-order chi connectivity index (χ0) is 17.0. The van der Waals surface area contributed by atoms with Gasteiger partial charge < -0.3 is 10.4 Å². The van der Waals surface area contributed by atoms with Gasteiger partial charge in [0.1, 0.15) is 0 Å². The first-order chi connectivity index (χ1) is 10.8. The molecule has 1 amide bonds. The van der Waals surface area contributed by atoms with Crippen LogP contribution in [0.15, 0.2) is 28.7 Å². The van der Waals surface area contributed by atoms with Gasteiger partial charge in [0.15, 0.2) is 0 Å². The third kappa shape index (κ3) is 5.27. The van der Waals surface area contributed by atoms with Gasteiger partial charge in [-0.25, -0.2) is 8.78 Å². The zero-order valence-electron chi connectivity index (χ0n) is 12.4. The minimum absolute atomic E-state index is 0.122. The van der Waals surface area contributed by atoms with Crippen LogP contribution in [0.3, 0.4) is 0 Å². The molecule has 0 aliphatic heterocycles. The number of benzene rings is 1. The molecule has 2 rings (SSSR count). The Balaban J connectivity index is 2.06. The topological polar surface area (TPSA) is 66.4 Å². The smallest absolute Gasteiger partial charge is 0.305 e. The molecule has 0 radical (unpaired) electrons. The number of carboxylic acids is 1.